The Labute approximate surface area is 389 Å². The van der Waals surface area contributed by atoms with E-state index in [0.717, 1.165) is 31.6 Å². The molecule has 1 amide bonds. The van der Waals surface area contributed by atoms with Crippen molar-refractivity contribution in [3.05, 3.63) is 115 Å². The summed E-state index contributed by atoms with van der Waals surface area (Å²) in [5, 5.41) is 16.5. The summed E-state index contributed by atoms with van der Waals surface area (Å²) in [5.74, 6) is 6.09. The Morgan fingerprint density at radius 2 is 1.45 bits per heavy atom. The molecule has 6 rings (SSSR count). The van der Waals surface area contributed by atoms with E-state index in [0.29, 0.717) is 49.6 Å². The number of benzene rings is 4. The number of rotatable bonds is 17. The number of aromatic nitrogens is 1. The number of amides is 1. The number of phenols is 1. The second kappa shape index (κ2) is 22.0. The molecule has 0 saturated carbocycles. The topological polar surface area (TPSA) is 97.7 Å². The summed E-state index contributed by atoms with van der Waals surface area (Å²) in [7, 11) is -0.545. The first-order valence-corrected chi connectivity index (χ1v) is 24.6. The molecule has 14 heteroatoms. The number of carbonyl (C=O) groups is 1. The van der Waals surface area contributed by atoms with Crippen LogP contribution < -0.4 is 20.6 Å². The lowest BCUT2D eigenvalue weighted by Crippen LogP contribution is -2.66. The minimum Gasteiger partial charge on any atom is -0.508 e. The third-order valence-corrected chi connectivity index (χ3v) is 16.8. The third kappa shape index (κ3) is 13.2. The molecular weight excluding hydrogens is 862 g/mol. The molecule has 0 aliphatic carbocycles. The molecule has 1 aliphatic heterocycles. The van der Waals surface area contributed by atoms with Crippen molar-refractivity contribution in [1.82, 2.24) is 9.47 Å². The number of phenolic OH excluding ortho intramolecular Hbond substituents is 1. The summed E-state index contributed by atoms with van der Waals surface area (Å²) in [5.41, 5.74) is 0.899. The molecule has 10 nitrogen and oxygen atoms in total. The number of hydrogen-bond donors (Lipinski definition) is 2. The van der Waals surface area contributed by atoms with Crippen LogP contribution in [0.5, 0.6) is 5.75 Å². The normalized spacial score (nSPS) is 16.2. The summed E-state index contributed by atoms with van der Waals surface area (Å²) in [6.45, 7) is 14.6. The van der Waals surface area contributed by atoms with Gasteiger partial charge in [-0.15, -0.1) is 0 Å². The quantitative estimate of drug-likeness (QED) is 0.0542. The van der Waals surface area contributed by atoms with Gasteiger partial charge in [-0.25, -0.2) is 4.79 Å². The van der Waals surface area contributed by atoms with Crippen LogP contribution in [0.2, 0.25) is 5.04 Å². The maximum Gasteiger partial charge on any atom is 0.415 e. The fraction of sp³-hybridized carbons (Fsp3) is 0.442. The van der Waals surface area contributed by atoms with Crippen LogP contribution in [-0.2, 0) is 25.2 Å². The van der Waals surface area contributed by atoms with E-state index in [1.807, 2.05) is 18.2 Å². The van der Waals surface area contributed by atoms with Crippen molar-refractivity contribution >= 4 is 47.1 Å². The van der Waals surface area contributed by atoms with Crippen molar-refractivity contribution in [2.75, 3.05) is 69.9 Å². The zero-order valence-corrected chi connectivity index (χ0v) is 40.3. The van der Waals surface area contributed by atoms with Crippen LogP contribution in [0.4, 0.5) is 29.3 Å². The van der Waals surface area contributed by atoms with Gasteiger partial charge in [-0.05, 0) is 117 Å². The summed E-state index contributed by atoms with van der Waals surface area (Å²) >= 11 is 0. The van der Waals surface area contributed by atoms with Crippen molar-refractivity contribution in [2.24, 2.45) is 5.92 Å². The summed E-state index contributed by atoms with van der Waals surface area (Å²) in [4.78, 5) is 16.8. The monoisotopic (exact) mass is 926 g/mol. The molecule has 2 atom stereocenters. The van der Waals surface area contributed by atoms with Gasteiger partial charge >= 0.3 is 12.3 Å². The molecular formula is C52H65F3N4O6Si. The highest BCUT2D eigenvalue weighted by atomic mass is 28.4. The van der Waals surface area contributed by atoms with Crippen molar-refractivity contribution in [3.63, 3.8) is 0 Å². The number of anilines is 2. The Balaban J connectivity index is 1.08. The van der Waals surface area contributed by atoms with Crippen molar-refractivity contribution in [3.8, 4) is 17.6 Å². The Morgan fingerprint density at radius 1 is 0.833 bits per heavy atom. The van der Waals surface area contributed by atoms with Gasteiger partial charge in [0, 0.05) is 36.0 Å². The van der Waals surface area contributed by atoms with E-state index < -0.39 is 32.7 Å². The zero-order chi connectivity index (χ0) is 47.5. The highest BCUT2D eigenvalue weighted by Crippen LogP contribution is 2.37. The summed E-state index contributed by atoms with van der Waals surface area (Å²) < 4.78 is 68.2. The molecule has 2 heterocycles. The average molecular weight is 927 g/mol. The number of carbonyl (C=O) groups excluding carboxylic acids is 1. The highest BCUT2D eigenvalue weighted by molar-refractivity contribution is 6.99. The number of aromatic hydroxyl groups is 1. The largest absolute Gasteiger partial charge is 0.508 e. The van der Waals surface area contributed by atoms with Crippen LogP contribution in [0.15, 0.2) is 109 Å². The Hall–Kier alpha value is -5.30. The second-order valence-electron chi connectivity index (χ2n) is 18.9. The zero-order valence-electron chi connectivity index (χ0n) is 39.3. The maximum absolute atomic E-state index is 14.1. The standard InChI is InChI=1S/C52H65F3N4O6Si/c1-50(2,3)65-49(61)58(40-23-25-42(60)26-24-40)29-15-16-41-36-45-47(21-14-22-48(45)59(41)38-52(53,54)55)56-46-27-30-57(7)37-39(46)28-31-62-32-33-63-34-35-64-66(51(4,5)6,43-17-10-8-11-18-43)44-19-12-9-13-20-44/h8-14,17-26,36,39,46,56,60H,27-35,37-38H2,1-7H3. The van der Waals surface area contributed by atoms with E-state index in [9.17, 15) is 23.1 Å². The molecule has 1 aliphatic rings. The van der Waals surface area contributed by atoms with Gasteiger partial charge in [0.2, 0.25) is 0 Å². The van der Waals surface area contributed by atoms with E-state index in [-0.39, 0.29) is 35.0 Å². The lowest BCUT2D eigenvalue weighted by Gasteiger charge is -2.43. The molecule has 0 bridgehead atoms. The van der Waals surface area contributed by atoms with E-state index in [4.69, 9.17) is 18.6 Å². The van der Waals surface area contributed by atoms with Crippen LogP contribution in [0, 0.1) is 17.8 Å². The number of halogens is 3. The first kappa shape index (κ1) is 50.1. The number of likely N-dealkylation sites (tertiary alicyclic amines) is 1. The minimum absolute atomic E-state index is 0.0150. The van der Waals surface area contributed by atoms with E-state index in [1.54, 1.807) is 51.1 Å². The molecule has 4 aromatic carbocycles. The molecule has 1 saturated heterocycles. The maximum atomic E-state index is 14.1. The second-order valence-corrected chi connectivity index (χ2v) is 23.2. The van der Waals surface area contributed by atoms with Gasteiger partial charge in [0.05, 0.1) is 44.2 Å². The van der Waals surface area contributed by atoms with Crippen LogP contribution in [0.1, 0.15) is 60.1 Å². The Morgan fingerprint density at radius 3 is 2.06 bits per heavy atom. The summed E-state index contributed by atoms with van der Waals surface area (Å²) in [6.07, 6.45) is -3.55. The minimum atomic E-state index is -4.51. The predicted molar refractivity (Wildman–Crippen MR) is 259 cm³/mol. The molecule has 0 spiro atoms. The first-order chi connectivity index (χ1) is 31.3. The number of nitrogens with zero attached hydrogens (tertiary/aromatic N) is 3. The molecule has 5 aromatic rings. The van der Waals surface area contributed by atoms with Crippen molar-refractivity contribution < 1.29 is 41.7 Å². The predicted octanol–water partition coefficient (Wildman–Crippen LogP) is 9.43. The number of alkyl halides is 3. The lowest BCUT2D eigenvalue weighted by molar-refractivity contribution is -0.140. The van der Waals surface area contributed by atoms with Crippen LogP contribution in [-0.4, -0.2) is 107 Å². The van der Waals surface area contributed by atoms with Gasteiger partial charge in [0.1, 0.15) is 17.9 Å². The van der Waals surface area contributed by atoms with E-state index in [1.165, 1.54) is 32.0 Å². The molecule has 0 radical (unpaired) electrons. The van der Waals surface area contributed by atoms with Gasteiger partial charge in [0.25, 0.3) is 8.32 Å². The molecule has 354 valence electrons. The smallest absolute Gasteiger partial charge is 0.415 e. The number of piperidine rings is 1. The number of ether oxygens (including phenoxy) is 3. The average Bonchev–Trinajstić information content (AvgIpc) is 3.60. The Bertz CT molecular complexity index is 2350. The highest BCUT2D eigenvalue weighted by Gasteiger charge is 2.50. The van der Waals surface area contributed by atoms with Gasteiger partial charge < -0.3 is 38.5 Å². The molecule has 66 heavy (non-hydrogen) atoms. The lowest BCUT2D eigenvalue weighted by atomic mass is 9.89. The van der Waals surface area contributed by atoms with Crippen molar-refractivity contribution in [1.29, 1.82) is 0 Å². The molecule has 2 N–H and O–H groups in total. The van der Waals surface area contributed by atoms with E-state index in [2.05, 4.69) is 98.4 Å². The van der Waals surface area contributed by atoms with Gasteiger partial charge in [-0.1, -0.05) is 93.4 Å². The van der Waals surface area contributed by atoms with Gasteiger partial charge in [0.15, 0.2) is 0 Å². The number of fused-ring (bicyclic) bond motifs is 1. The fourth-order valence-corrected chi connectivity index (χ4v) is 13.3. The van der Waals surface area contributed by atoms with Crippen LogP contribution >= 0.6 is 0 Å². The van der Waals surface area contributed by atoms with Gasteiger partial charge in [-0.3, -0.25) is 4.90 Å². The number of nitrogens with one attached hydrogen (secondary N) is 1. The number of hydrogen-bond acceptors (Lipinski definition) is 8. The molecule has 1 fully saturated rings. The SMILES string of the molecule is CN1CCC(Nc2cccc3c2cc(C#CCN(C(=O)OC(C)(C)C)c2ccc(O)cc2)n3CC(F)(F)F)C(CCOCCOCCO[Si](c2ccccc2)(c2ccccc2)C(C)(C)C)C1. The Kier molecular flexibility index (Phi) is 16.7. The van der Waals surface area contributed by atoms with Crippen molar-refractivity contribution in [2.45, 2.75) is 83.8 Å². The first-order valence-electron chi connectivity index (χ1n) is 22.7. The van der Waals surface area contributed by atoms with Crippen LogP contribution in [0.25, 0.3) is 10.9 Å². The van der Waals surface area contributed by atoms with Crippen LogP contribution in [0.3, 0.4) is 0 Å². The molecule has 1 aromatic heterocycles. The van der Waals surface area contributed by atoms with Gasteiger partial charge in [-0.2, -0.15) is 13.2 Å². The molecule has 2 unspecified atom stereocenters. The van der Waals surface area contributed by atoms with E-state index >= 15 is 0 Å². The third-order valence-electron chi connectivity index (χ3n) is 11.8. The summed E-state index contributed by atoms with van der Waals surface area (Å²) in [6, 6.07) is 34.1. The fourth-order valence-electron chi connectivity index (χ4n) is 8.75.